The summed E-state index contributed by atoms with van der Waals surface area (Å²) in [6.07, 6.45) is 4.12. The fourth-order valence-electron chi connectivity index (χ4n) is 2.91. The number of carbonyl (C=O) groups excluding carboxylic acids is 1. The Morgan fingerprint density at radius 3 is 3.05 bits per heavy atom. The van der Waals surface area contributed by atoms with Gasteiger partial charge < -0.3 is 16.5 Å². The minimum absolute atomic E-state index is 0.252. The molecule has 0 saturated heterocycles. The number of benzene rings is 1. The van der Waals surface area contributed by atoms with Crippen molar-refractivity contribution in [3.05, 3.63) is 35.0 Å². The van der Waals surface area contributed by atoms with Crippen LogP contribution < -0.4 is 11.5 Å². The Labute approximate surface area is 112 Å². The Morgan fingerprint density at radius 1 is 1.42 bits per heavy atom. The van der Waals surface area contributed by atoms with Crippen LogP contribution in [-0.2, 0) is 24.1 Å². The highest BCUT2D eigenvalue weighted by atomic mass is 16.1. The van der Waals surface area contributed by atoms with Crippen LogP contribution in [-0.4, -0.2) is 16.9 Å². The van der Waals surface area contributed by atoms with Crippen LogP contribution >= 0.6 is 0 Å². The second kappa shape index (κ2) is 4.70. The smallest absolute Gasteiger partial charge is 0.217 e. The van der Waals surface area contributed by atoms with E-state index in [1.54, 1.807) is 0 Å². The summed E-state index contributed by atoms with van der Waals surface area (Å²) in [6.45, 7) is 0. The summed E-state index contributed by atoms with van der Waals surface area (Å²) in [5.41, 5.74) is 16.3. The Hall–Kier alpha value is -1.81. The number of carbonyl (C=O) groups is 1. The number of hydrogen-bond acceptors (Lipinski definition) is 2. The number of nitrogens with one attached hydrogen (secondary N) is 1. The maximum Gasteiger partial charge on any atom is 0.217 e. The molecule has 1 heterocycles. The molecule has 1 unspecified atom stereocenters. The summed E-state index contributed by atoms with van der Waals surface area (Å²) in [4.78, 5) is 14.3. The van der Waals surface area contributed by atoms with Crippen LogP contribution in [0.25, 0.3) is 10.9 Å². The number of aromatic amines is 1. The quantitative estimate of drug-likeness (QED) is 0.776. The number of hydrogen-bond donors (Lipinski definition) is 3. The third-order valence-corrected chi connectivity index (χ3v) is 3.95. The monoisotopic (exact) mass is 257 g/mol. The fraction of sp³-hybridized carbons (Fsp3) is 0.400. The molecule has 2 aromatic rings. The summed E-state index contributed by atoms with van der Waals surface area (Å²) < 4.78 is 0. The average Bonchev–Trinajstić information content (AvgIpc) is 2.74. The van der Waals surface area contributed by atoms with Crippen LogP contribution in [0.2, 0.25) is 0 Å². The molecule has 19 heavy (non-hydrogen) atoms. The average molecular weight is 257 g/mol. The molecule has 1 atom stereocenters. The highest BCUT2D eigenvalue weighted by molar-refractivity contribution is 5.86. The van der Waals surface area contributed by atoms with Gasteiger partial charge in [0.05, 0.1) is 0 Å². The minimum atomic E-state index is -0.252. The Morgan fingerprint density at radius 2 is 2.26 bits per heavy atom. The van der Waals surface area contributed by atoms with Gasteiger partial charge in [-0.05, 0) is 48.9 Å². The van der Waals surface area contributed by atoms with E-state index in [1.807, 2.05) is 0 Å². The Kier molecular flexibility index (Phi) is 3.03. The molecule has 0 spiro atoms. The molecular formula is C15H19N3O. The maximum absolute atomic E-state index is 10.9. The van der Waals surface area contributed by atoms with Crippen LogP contribution in [0.15, 0.2) is 18.2 Å². The SMILES string of the molecule is NC(=O)CCc1ccc2[nH]c3c(c2c1)CC(N)CC3. The van der Waals surface area contributed by atoms with Crippen LogP contribution in [0.1, 0.15) is 29.7 Å². The molecule has 4 nitrogen and oxygen atoms in total. The summed E-state index contributed by atoms with van der Waals surface area (Å²) in [7, 11) is 0. The van der Waals surface area contributed by atoms with Crippen molar-refractivity contribution in [3.8, 4) is 0 Å². The second-order valence-corrected chi connectivity index (χ2v) is 5.43. The third-order valence-electron chi connectivity index (χ3n) is 3.95. The summed E-state index contributed by atoms with van der Waals surface area (Å²) in [6, 6.07) is 6.59. The molecule has 100 valence electrons. The zero-order chi connectivity index (χ0) is 13.4. The first-order valence-corrected chi connectivity index (χ1v) is 6.79. The lowest BCUT2D eigenvalue weighted by Crippen LogP contribution is -2.27. The van der Waals surface area contributed by atoms with Crippen LogP contribution in [0.3, 0.4) is 0 Å². The van der Waals surface area contributed by atoms with Gasteiger partial charge in [0.15, 0.2) is 0 Å². The van der Waals surface area contributed by atoms with Gasteiger partial charge in [0.1, 0.15) is 0 Å². The van der Waals surface area contributed by atoms with Crippen molar-refractivity contribution in [2.75, 3.05) is 0 Å². The van der Waals surface area contributed by atoms with Crippen molar-refractivity contribution in [1.82, 2.24) is 4.98 Å². The van der Waals surface area contributed by atoms with Crippen molar-refractivity contribution in [2.24, 2.45) is 11.5 Å². The minimum Gasteiger partial charge on any atom is -0.370 e. The lowest BCUT2D eigenvalue weighted by Gasteiger charge is -2.18. The van der Waals surface area contributed by atoms with Crippen LogP contribution in [0.5, 0.6) is 0 Å². The van der Waals surface area contributed by atoms with Gasteiger partial charge in [-0.1, -0.05) is 6.07 Å². The number of aromatic nitrogens is 1. The van der Waals surface area contributed by atoms with E-state index in [1.165, 1.54) is 22.2 Å². The van der Waals surface area contributed by atoms with E-state index >= 15 is 0 Å². The van der Waals surface area contributed by atoms with Gasteiger partial charge in [-0.25, -0.2) is 0 Å². The fourth-order valence-corrected chi connectivity index (χ4v) is 2.91. The first kappa shape index (κ1) is 12.2. The zero-order valence-corrected chi connectivity index (χ0v) is 10.9. The number of amides is 1. The second-order valence-electron chi connectivity index (χ2n) is 5.43. The molecular weight excluding hydrogens is 238 g/mol. The van der Waals surface area contributed by atoms with Crippen LogP contribution in [0, 0.1) is 0 Å². The predicted molar refractivity (Wildman–Crippen MR) is 75.8 cm³/mol. The first-order chi connectivity index (χ1) is 9.13. The normalized spacial score (nSPS) is 18.5. The molecule has 0 fully saturated rings. The van der Waals surface area contributed by atoms with E-state index in [4.69, 9.17) is 11.5 Å². The van der Waals surface area contributed by atoms with Gasteiger partial charge in [0.25, 0.3) is 0 Å². The number of H-pyrrole nitrogens is 1. The maximum atomic E-state index is 10.9. The van der Waals surface area contributed by atoms with Gasteiger partial charge in [0, 0.05) is 29.1 Å². The molecule has 5 N–H and O–H groups in total. The highest BCUT2D eigenvalue weighted by Crippen LogP contribution is 2.29. The number of aryl methyl sites for hydroxylation is 2. The molecule has 1 amide bonds. The molecule has 3 rings (SSSR count). The molecule has 1 aliphatic rings. The van der Waals surface area contributed by atoms with Crippen molar-refractivity contribution in [3.63, 3.8) is 0 Å². The molecule has 0 bridgehead atoms. The third kappa shape index (κ3) is 2.36. The van der Waals surface area contributed by atoms with E-state index in [0.29, 0.717) is 12.8 Å². The molecule has 0 radical (unpaired) electrons. The number of rotatable bonds is 3. The van der Waals surface area contributed by atoms with Gasteiger partial charge in [0.2, 0.25) is 5.91 Å². The molecule has 4 heteroatoms. The van der Waals surface area contributed by atoms with Crippen molar-refractivity contribution in [1.29, 1.82) is 0 Å². The lowest BCUT2D eigenvalue weighted by molar-refractivity contribution is -0.117. The van der Waals surface area contributed by atoms with E-state index < -0.39 is 0 Å². The van der Waals surface area contributed by atoms with E-state index in [-0.39, 0.29) is 11.9 Å². The topological polar surface area (TPSA) is 84.9 Å². The van der Waals surface area contributed by atoms with E-state index in [0.717, 1.165) is 24.8 Å². The number of fused-ring (bicyclic) bond motifs is 3. The van der Waals surface area contributed by atoms with Gasteiger partial charge in [-0.2, -0.15) is 0 Å². The zero-order valence-electron chi connectivity index (χ0n) is 10.9. The standard InChI is InChI=1S/C15H19N3O/c16-10-3-5-14-12(8-10)11-7-9(2-6-15(17)19)1-4-13(11)18-14/h1,4,7,10,18H,2-3,5-6,8,16H2,(H2,17,19). The summed E-state index contributed by atoms with van der Waals surface area (Å²) in [5.74, 6) is -0.252. The Balaban J connectivity index is 1.97. The van der Waals surface area contributed by atoms with Crippen LogP contribution in [0.4, 0.5) is 0 Å². The lowest BCUT2D eigenvalue weighted by atomic mass is 9.91. The van der Waals surface area contributed by atoms with Gasteiger partial charge in [-0.15, -0.1) is 0 Å². The van der Waals surface area contributed by atoms with Crippen molar-refractivity contribution < 1.29 is 4.79 Å². The predicted octanol–water partition coefficient (Wildman–Crippen LogP) is 1.40. The molecule has 0 aliphatic heterocycles. The summed E-state index contributed by atoms with van der Waals surface area (Å²) in [5, 5.41) is 1.26. The van der Waals surface area contributed by atoms with E-state index in [2.05, 4.69) is 23.2 Å². The number of nitrogens with two attached hydrogens (primary N) is 2. The highest BCUT2D eigenvalue weighted by Gasteiger charge is 2.20. The first-order valence-electron chi connectivity index (χ1n) is 6.79. The van der Waals surface area contributed by atoms with Crippen molar-refractivity contribution >= 4 is 16.8 Å². The molecule has 0 saturated carbocycles. The number of primary amides is 1. The van der Waals surface area contributed by atoms with Crippen molar-refractivity contribution in [2.45, 2.75) is 38.1 Å². The largest absolute Gasteiger partial charge is 0.370 e. The molecule has 1 aromatic heterocycles. The molecule has 1 aliphatic carbocycles. The van der Waals surface area contributed by atoms with E-state index in [9.17, 15) is 4.79 Å². The van der Waals surface area contributed by atoms with Gasteiger partial charge in [-0.3, -0.25) is 4.79 Å². The Bertz CT molecular complexity index is 630. The molecule has 1 aromatic carbocycles. The summed E-state index contributed by atoms with van der Waals surface area (Å²) >= 11 is 0. The van der Waals surface area contributed by atoms with Gasteiger partial charge >= 0.3 is 0 Å².